The molecule has 3 N–H and O–H groups in total. The van der Waals surface area contributed by atoms with Crippen molar-refractivity contribution in [2.75, 3.05) is 18.1 Å². The molecule has 0 saturated heterocycles. The van der Waals surface area contributed by atoms with Crippen molar-refractivity contribution < 1.29 is 8.42 Å². The molecule has 0 amide bonds. The first-order valence-corrected chi connectivity index (χ1v) is 8.00. The zero-order valence-electron chi connectivity index (χ0n) is 10.5. The van der Waals surface area contributed by atoms with E-state index in [1.807, 2.05) is 0 Å². The molecule has 1 fully saturated rings. The number of nitrogens with two attached hydrogens (primary N) is 1. The van der Waals surface area contributed by atoms with Crippen molar-refractivity contribution in [2.45, 2.75) is 30.2 Å². The third kappa shape index (κ3) is 3.20. The molecule has 1 aromatic rings. The Morgan fingerprint density at radius 3 is 2.89 bits per heavy atom. The van der Waals surface area contributed by atoms with Crippen LogP contribution in [0.15, 0.2) is 23.2 Å². The lowest BCUT2D eigenvalue weighted by Gasteiger charge is -2.13. The highest BCUT2D eigenvalue weighted by Crippen LogP contribution is 2.25. The minimum Gasteiger partial charge on any atom is -0.369 e. The fourth-order valence-corrected chi connectivity index (χ4v) is 3.16. The van der Waals surface area contributed by atoms with Crippen LogP contribution in [0.1, 0.15) is 19.3 Å². The number of hydrogen-bond acceptors (Lipinski definition) is 5. The van der Waals surface area contributed by atoms with Crippen LogP contribution in [0.25, 0.3) is 0 Å². The molecule has 2 atom stereocenters. The average Bonchev–Trinajstić information content (AvgIpc) is 2.72. The van der Waals surface area contributed by atoms with Gasteiger partial charge in [-0.25, -0.2) is 13.4 Å². The Balaban J connectivity index is 2.06. The van der Waals surface area contributed by atoms with Gasteiger partial charge < -0.3 is 11.1 Å². The summed E-state index contributed by atoms with van der Waals surface area (Å²) in [6.07, 6.45) is 5.93. The molecule has 5 nitrogen and oxygen atoms in total. The molecule has 0 radical (unpaired) electrons. The van der Waals surface area contributed by atoms with E-state index in [1.165, 1.54) is 6.26 Å². The van der Waals surface area contributed by atoms with Crippen LogP contribution in [0, 0.1) is 5.92 Å². The SMILES string of the molecule is CS(=O)(=O)c1cccnc1NCC1CCC(N)C1. The Kier molecular flexibility index (Phi) is 3.87. The maximum atomic E-state index is 11.6. The van der Waals surface area contributed by atoms with Crippen LogP contribution in [-0.2, 0) is 9.84 Å². The topological polar surface area (TPSA) is 85.1 Å². The first kappa shape index (κ1) is 13.3. The third-order valence-electron chi connectivity index (χ3n) is 3.31. The molecule has 0 aliphatic heterocycles. The van der Waals surface area contributed by atoms with Crippen molar-refractivity contribution in [1.29, 1.82) is 0 Å². The standard InChI is InChI=1S/C12H19N3O2S/c1-18(16,17)11-3-2-6-14-12(11)15-8-9-4-5-10(13)7-9/h2-3,6,9-10H,4-5,7-8,13H2,1H3,(H,14,15). The quantitative estimate of drug-likeness (QED) is 0.852. The summed E-state index contributed by atoms with van der Waals surface area (Å²) in [6, 6.07) is 3.49. The van der Waals surface area contributed by atoms with Gasteiger partial charge in [0.2, 0.25) is 0 Å². The number of nitrogens with one attached hydrogen (secondary N) is 1. The number of aromatic nitrogens is 1. The molecule has 1 saturated carbocycles. The highest BCUT2D eigenvalue weighted by Gasteiger charge is 2.22. The smallest absolute Gasteiger partial charge is 0.179 e. The van der Waals surface area contributed by atoms with Gasteiger partial charge in [0.25, 0.3) is 0 Å². The number of sulfone groups is 1. The molecule has 0 aromatic carbocycles. The van der Waals surface area contributed by atoms with Crippen LogP contribution in [-0.4, -0.2) is 32.2 Å². The molecule has 0 bridgehead atoms. The van der Waals surface area contributed by atoms with E-state index in [9.17, 15) is 8.42 Å². The van der Waals surface area contributed by atoms with Gasteiger partial charge in [-0.1, -0.05) is 0 Å². The molecule has 0 spiro atoms. The summed E-state index contributed by atoms with van der Waals surface area (Å²) >= 11 is 0. The summed E-state index contributed by atoms with van der Waals surface area (Å²) in [7, 11) is -3.24. The molecule has 6 heteroatoms. The predicted molar refractivity (Wildman–Crippen MR) is 71.2 cm³/mol. The molecule has 2 rings (SSSR count). The fourth-order valence-electron chi connectivity index (χ4n) is 2.36. The van der Waals surface area contributed by atoms with E-state index >= 15 is 0 Å². The van der Waals surface area contributed by atoms with E-state index in [1.54, 1.807) is 18.3 Å². The lowest BCUT2D eigenvalue weighted by molar-refractivity contribution is 0.563. The number of hydrogen-bond donors (Lipinski definition) is 2. The van der Waals surface area contributed by atoms with Gasteiger partial charge >= 0.3 is 0 Å². The highest BCUT2D eigenvalue weighted by molar-refractivity contribution is 7.90. The third-order valence-corrected chi connectivity index (χ3v) is 4.44. The second kappa shape index (κ2) is 5.24. The first-order chi connectivity index (χ1) is 8.47. The van der Waals surface area contributed by atoms with Gasteiger partial charge in [0, 0.05) is 25.0 Å². The summed E-state index contributed by atoms with van der Waals surface area (Å²) in [5.74, 6) is 0.954. The first-order valence-electron chi connectivity index (χ1n) is 6.11. The second-order valence-corrected chi connectivity index (χ2v) is 6.93. The fraction of sp³-hybridized carbons (Fsp3) is 0.583. The average molecular weight is 269 g/mol. The van der Waals surface area contributed by atoms with E-state index in [2.05, 4.69) is 10.3 Å². The van der Waals surface area contributed by atoms with Crippen molar-refractivity contribution in [3.63, 3.8) is 0 Å². The van der Waals surface area contributed by atoms with Gasteiger partial charge in [-0.05, 0) is 37.3 Å². The lowest BCUT2D eigenvalue weighted by atomic mass is 10.1. The zero-order chi connectivity index (χ0) is 13.2. The van der Waals surface area contributed by atoms with Crippen molar-refractivity contribution in [3.8, 4) is 0 Å². The van der Waals surface area contributed by atoms with E-state index < -0.39 is 9.84 Å². The van der Waals surface area contributed by atoms with Crippen LogP contribution in [0.4, 0.5) is 5.82 Å². The molecule has 2 unspecified atom stereocenters. The van der Waals surface area contributed by atoms with Gasteiger partial charge in [0.05, 0.1) is 0 Å². The maximum Gasteiger partial charge on any atom is 0.179 e. The predicted octanol–water partition coefficient (Wildman–Crippen LogP) is 1.02. The van der Waals surface area contributed by atoms with Crippen molar-refractivity contribution in [1.82, 2.24) is 4.98 Å². The van der Waals surface area contributed by atoms with Gasteiger partial charge in [-0.3, -0.25) is 0 Å². The summed E-state index contributed by atoms with van der Waals surface area (Å²) in [6.45, 7) is 0.729. The molecule has 1 aliphatic carbocycles. The van der Waals surface area contributed by atoms with Crippen molar-refractivity contribution >= 4 is 15.7 Å². The highest BCUT2D eigenvalue weighted by atomic mass is 32.2. The summed E-state index contributed by atoms with van der Waals surface area (Å²) in [5.41, 5.74) is 5.85. The normalized spacial score (nSPS) is 24.1. The Morgan fingerprint density at radius 2 is 2.28 bits per heavy atom. The number of anilines is 1. The Morgan fingerprint density at radius 1 is 1.50 bits per heavy atom. The Hall–Kier alpha value is -1.14. The number of pyridine rings is 1. The van der Waals surface area contributed by atoms with Crippen molar-refractivity contribution in [2.24, 2.45) is 11.7 Å². The molecule has 1 aromatic heterocycles. The van der Waals surface area contributed by atoms with Gasteiger partial charge in [-0.2, -0.15) is 0 Å². The monoisotopic (exact) mass is 269 g/mol. The summed E-state index contributed by atoms with van der Waals surface area (Å²) < 4.78 is 23.2. The molecular formula is C12H19N3O2S. The number of nitrogens with zero attached hydrogens (tertiary/aromatic N) is 1. The van der Waals surface area contributed by atoms with Crippen LogP contribution < -0.4 is 11.1 Å². The largest absolute Gasteiger partial charge is 0.369 e. The minimum absolute atomic E-state index is 0.257. The van der Waals surface area contributed by atoms with E-state index in [4.69, 9.17) is 5.73 Å². The second-order valence-electron chi connectivity index (χ2n) is 4.94. The molecule has 18 heavy (non-hydrogen) atoms. The van der Waals surface area contributed by atoms with Gasteiger partial charge in [0.1, 0.15) is 10.7 Å². The van der Waals surface area contributed by atoms with E-state index in [0.29, 0.717) is 11.7 Å². The molecular weight excluding hydrogens is 250 g/mol. The summed E-state index contributed by atoms with van der Waals surface area (Å²) in [5, 5.41) is 3.14. The Bertz CT molecular complexity index is 516. The zero-order valence-corrected chi connectivity index (χ0v) is 11.3. The number of rotatable bonds is 4. The van der Waals surface area contributed by atoms with Crippen LogP contribution >= 0.6 is 0 Å². The maximum absolute atomic E-state index is 11.6. The van der Waals surface area contributed by atoms with Gasteiger partial charge in [-0.15, -0.1) is 0 Å². The molecule has 1 aliphatic rings. The molecule has 1 heterocycles. The Labute approximate surface area is 108 Å². The molecule has 100 valence electrons. The summed E-state index contributed by atoms with van der Waals surface area (Å²) in [4.78, 5) is 4.36. The lowest BCUT2D eigenvalue weighted by Crippen LogP contribution is -2.18. The van der Waals surface area contributed by atoms with Crippen LogP contribution in [0.3, 0.4) is 0 Å². The van der Waals surface area contributed by atoms with E-state index in [-0.39, 0.29) is 10.9 Å². The van der Waals surface area contributed by atoms with E-state index in [0.717, 1.165) is 25.8 Å². The van der Waals surface area contributed by atoms with Crippen LogP contribution in [0.2, 0.25) is 0 Å². The minimum atomic E-state index is -3.24. The van der Waals surface area contributed by atoms with Crippen molar-refractivity contribution in [3.05, 3.63) is 18.3 Å². The van der Waals surface area contributed by atoms with Crippen LogP contribution in [0.5, 0.6) is 0 Å². The van der Waals surface area contributed by atoms with Gasteiger partial charge in [0.15, 0.2) is 9.84 Å².